The molecule has 1 fully saturated rings. The molecule has 1 aliphatic rings. The van der Waals surface area contributed by atoms with E-state index in [-0.39, 0.29) is 11.5 Å². The number of nitrogens with zero attached hydrogens (tertiary/aromatic N) is 2. The van der Waals surface area contributed by atoms with Gasteiger partial charge >= 0.3 is 11.8 Å². The molecule has 1 saturated carbocycles. The zero-order valence-electron chi connectivity index (χ0n) is 14.4. The van der Waals surface area contributed by atoms with Crippen molar-refractivity contribution in [2.45, 2.75) is 51.0 Å². The van der Waals surface area contributed by atoms with Gasteiger partial charge in [0.1, 0.15) is 5.82 Å². The van der Waals surface area contributed by atoms with Gasteiger partial charge in [-0.15, -0.1) is 0 Å². The van der Waals surface area contributed by atoms with E-state index >= 15 is 0 Å². The van der Waals surface area contributed by atoms with E-state index in [1.807, 2.05) is 20.8 Å². The number of rotatable bonds is 3. The molecule has 1 unspecified atom stereocenters. The number of amides is 1. The molecule has 1 N–H and O–H groups in total. The SMILES string of the molecule is CC(C)(C)n1c(NC(=O)CC2CC(F)(F)C2(F)F)nc2cc(F)ccc21. The fourth-order valence-corrected chi connectivity index (χ4v) is 3.16. The van der Waals surface area contributed by atoms with Crippen LogP contribution in [0.2, 0.25) is 0 Å². The Balaban J connectivity index is 1.86. The topological polar surface area (TPSA) is 46.9 Å². The Morgan fingerprint density at radius 1 is 1.31 bits per heavy atom. The van der Waals surface area contributed by atoms with Gasteiger partial charge in [-0.25, -0.2) is 9.37 Å². The van der Waals surface area contributed by atoms with E-state index in [9.17, 15) is 26.7 Å². The summed E-state index contributed by atoms with van der Waals surface area (Å²) < 4.78 is 67.6. The molecule has 26 heavy (non-hydrogen) atoms. The van der Waals surface area contributed by atoms with Crippen molar-refractivity contribution in [3.8, 4) is 0 Å². The molecule has 0 saturated heterocycles. The Morgan fingerprint density at radius 3 is 2.50 bits per heavy atom. The van der Waals surface area contributed by atoms with E-state index in [0.717, 1.165) is 0 Å². The summed E-state index contributed by atoms with van der Waals surface area (Å²) in [5.74, 6) is -11.3. The lowest BCUT2D eigenvalue weighted by molar-refractivity contribution is -0.313. The standard InChI is InChI=1S/C17H18F5N3O/c1-15(2,3)25-12-5-4-10(18)7-11(12)23-14(25)24-13(26)6-9-8-16(19,20)17(9,21)22/h4-5,7,9H,6,8H2,1-3H3,(H,23,24,26). The number of imidazole rings is 1. The molecular formula is C17H18F5N3O. The van der Waals surface area contributed by atoms with Gasteiger partial charge in [-0.05, 0) is 32.9 Å². The van der Waals surface area contributed by atoms with Gasteiger partial charge in [0.2, 0.25) is 11.9 Å². The summed E-state index contributed by atoms with van der Waals surface area (Å²) in [5, 5.41) is 2.40. The first-order chi connectivity index (χ1) is 11.8. The predicted octanol–water partition coefficient (Wildman–Crippen LogP) is 4.55. The predicted molar refractivity (Wildman–Crippen MR) is 85.9 cm³/mol. The average molecular weight is 375 g/mol. The zero-order valence-corrected chi connectivity index (χ0v) is 14.4. The lowest BCUT2D eigenvalue weighted by Crippen LogP contribution is -2.59. The third kappa shape index (κ3) is 2.93. The van der Waals surface area contributed by atoms with Crippen LogP contribution in [-0.4, -0.2) is 27.3 Å². The molecule has 2 aromatic rings. The number of alkyl halides is 4. The highest BCUT2D eigenvalue weighted by Gasteiger charge is 2.71. The van der Waals surface area contributed by atoms with E-state index in [1.54, 1.807) is 4.57 Å². The molecule has 4 nitrogen and oxygen atoms in total. The van der Waals surface area contributed by atoms with Crippen molar-refractivity contribution in [3.05, 3.63) is 24.0 Å². The fraction of sp³-hybridized carbons (Fsp3) is 0.529. The van der Waals surface area contributed by atoms with E-state index in [4.69, 9.17) is 0 Å². The first-order valence-corrected chi connectivity index (χ1v) is 8.07. The normalized spacial score (nSPS) is 21.5. The second-order valence-corrected chi connectivity index (χ2v) is 7.56. The first-order valence-electron chi connectivity index (χ1n) is 8.07. The summed E-state index contributed by atoms with van der Waals surface area (Å²) in [7, 11) is 0. The van der Waals surface area contributed by atoms with Crippen LogP contribution in [0.25, 0.3) is 11.0 Å². The maximum atomic E-state index is 13.4. The van der Waals surface area contributed by atoms with Crippen LogP contribution in [0.15, 0.2) is 18.2 Å². The molecule has 0 aliphatic heterocycles. The van der Waals surface area contributed by atoms with Gasteiger partial charge < -0.3 is 4.57 Å². The Kier molecular flexibility index (Phi) is 4.04. The molecule has 1 atom stereocenters. The van der Waals surface area contributed by atoms with Gasteiger partial charge in [0.25, 0.3) is 0 Å². The van der Waals surface area contributed by atoms with Crippen LogP contribution in [-0.2, 0) is 10.3 Å². The minimum atomic E-state index is -4.20. The summed E-state index contributed by atoms with van der Waals surface area (Å²) in [4.78, 5) is 16.3. The largest absolute Gasteiger partial charge is 0.313 e. The van der Waals surface area contributed by atoms with Crippen molar-refractivity contribution in [3.63, 3.8) is 0 Å². The fourth-order valence-electron chi connectivity index (χ4n) is 3.16. The number of benzene rings is 1. The first kappa shape index (κ1) is 18.6. The van der Waals surface area contributed by atoms with Crippen molar-refractivity contribution in [1.29, 1.82) is 0 Å². The summed E-state index contributed by atoms with van der Waals surface area (Å²) in [5.41, 5.74) is 0.285. The number of hydrogen-bond acceptors (Lipinski definition) is 2. The molecule has 1 heterocycles. The molecule has 0 bridgehead atoms. The average Bonchev–Trinajstić information content (AvgIpc) is 2.83. The van der Waals surface area contributed by atoms with Crippen LogP contribution in [0.4, 0.5) is 27.9 Å². The number of nitrogens with one attached hydrogen (secondary N) is 1. The monoisotopic (exact) mass is 375 g/mol. The van der Waals surface area contributed by atoms with Gasteiger partial charge in [-0.1, -0.05) is 0 Å². The molecule has 1 amide bonds. The summed E-state index contributed by atoms with van der Waals surface area (Å²) in [6, 6.07) is 3.93. The highest BCUT2D eigenvalue weighted by molar-refractivity contribution is 5.92. The van der Waals surface area contributed by atoms with Gasteiger partial charge in [0.15, 0.2) is 0 Å². The summed E-state index contributed by atoms with van der Waals surface area (Å²) >= 11 is 0. The third-order valence-corrected chi connectivity index (χ3v) is 4.47. The molecule has 0 radical (unpaired) electrons. The highest BCUT2D eigenvalue weighted by Crippen LogP contribution is 2.56. The number of fused-ring (bicyclic) bond motifs is 1. The number of carbonyl (C=O) groups is 1. The molecule has 1 aliphatic carbocycles. The lowest BCUT2D eigenvalue weighted by atomic mass is 9.74. The maximum absolute atomic E-state index is 13.4. The minimum Gasteiger partial charge on any atom is -0.305 e. The van der Waals surface area contributed by atoms with E-state index < -0.39 is 47.9 Å². The highest BCUT2D eigenvalue weighted by atomic mass is 19.3. The summed E-state index contributed by atoms with van der Waals surface area (Å²) in [6.45, 7) is 5.48. The molecule has 1 aromatic carbocycles. The molecule has 142 valence electrons. The Hall–Kier alpha value is -2.19. The van der Waals surface area contributed by atoms with E-state index in [0.29, 0.717) is 5.52 Å². The second-order valence-electron chi connectivity index (χ2n) is 7.56. The van der Waals surface area contributed by atoms with Crippen molar-refractivity contribution in [2.24, 2.45) is 5.92 Å². The molecular weight excluding hydrogens is 357 g/mol. The van der Waals surface area contributed by atoms with Crippen LogP contribution in [0, 0.1) is 11.7 Å². The van der Waals surface area contributed by atoms with Crippen molar-refractivity contribution in [1.82, 2.24) is 9.55 Å². The van der Waals surface area contributed by atoms with Crippen LogP contribution >= 0.6 is 0 Å². The van der Waals surface area contributed by atoms with Gasteiger partial charge in [0, 0.05) is 30.4 Å². The quantitative estimate of drug-likeness (QED) is 0.800. The minimum absolute atomic E-state index is 0.0532. The van der Waals surface area contributed by atoms with Crippen LogP contribution in [0.5, 0.6) is 0 Å². The van der Waals surface area contributed by atoms with Crippen molar-refractivity contribution in [2.75, 3.05) is 5.32 Å². The molecule has 1 aromatic heterocycles. The molecule has 3 rings (SSSR count). The van der Waals surface area contributed by atoms with E-state index in [2.05, 4.69) is 10.3 Å². The lowest BCUT2D eigenvalue weighted by Gasteiger charge is -2.43. The number of aromatic nitrogens is 2. The third-order valence-electron chi connectivity index (χ3n) is 4.47. The Bertz CT molecular complexity index is 869. The summed E-state index contributed by atoms with van der Waals surface area (Å²) in [6.07, 6.45) is -1.78. The molecule has 0 spiro atoms. The number of halogens is 5. The van der Waals surface area contributed by atoms with Crippen LogP contribution < -0.4 is 5.32 Å². The van der Waals surface area contributed by atoms with Crippen molar-refractivity contribution >= 4 is 22.9 Å². The number of anilines is 1. The van der Waals surface area contributed by atoms with Gasteiger partial charge in [0.05, 0.1) is 11.0 Å². The Labute approximate surface area is 146 Å². The van der Waals surface area contributed by atoms with Crippen LogP contribution in [0.3, 0.4) is 0 Å². The Morgan fingerprint density at radius 2 is 1.96 bits per heavy atom. The van der Waals surface area contributed by atoms with Crippen LogP contribution in [0.1, 0.15) is 33.6 Å². The number of hydrogen-bond donors (Lipinski definition) is 1. The zero-order chi connectivity index (χ0) is 19.5. The van der Waals surface area contributed by atoms with Gasteiger partial charge in [-0.3, -0.25) is 10.1 Å². The van der Waals surface area contributed by atoms with E-state index in [1.165, 1.54) is 18.2 Å². The van der Waals surface area contributed by atoms with Crippen molar-refractivity contribution < 1.29 is 26.7 Å². The smallest absolute Gasteiger partial charge is 0.305 e. The number of carbonyl (C=O) groups excluding carboxylic acids is 1. The van der Waals surface area contributed by atoms with Gasteiger partial charge in [-0.2, -0.15) is 17.6 Å². The maximum Gasteiger partial charge on any atom is 0.313 e. The second kappa shape index (κ2) is 5.65. The molecule has 9 heteroatoms.